The molecule has 1 aliphatic rings. The third kappa shape index (κ3) is 14.0. The zero-order valence-electron chi connectivity index (χ0n) is 18.4. The average molecular weight is 396 g/mol. The average Bonchev–Trinajstić information content (AvgIpc) is 2.73. The molecule has 1 rings (SSSR count). The first kappa shape index (κ1) is 24.9. The van der Waals surface area contributed by atoms with E-state index in [1.54, 1.807) is 0 Å². The van der Waals surface area contributed by atoms with Crippen LogP contribution in [0.1, 0.15) is 116 Å². The second-order valence-electron chi connectivity index (χ2n) is 8.31. The summed E-state index contributed by atoms with van der Waals surface area (Å²) in [7, 11) is 0. The van der Waals surface area contributed by atoms with E-state index in [0.29, 0.717) is 6.42 Å². The number of likely N-dealkylation sites (tertiary alicyclic amines) is 1. The summed E-state index contributed by atoms with van der Waals surface area (Å²) in [6, 6.07) is 0. The molecule has 1 aliphatic heterocycles. The topological polar surface area (TPSA) is 61.4 Å². The van der Waals surface area contributed by atoms with Crippen molar-refractivity contribution >= 4 is 11.8 Å². The van der Waals surface area contributed by atoms with Crippen LogP contribution in [0.3, 0.4) is 0 Å². The molecule has 0 aromatic carbocycles. The molecule has 0 aliphatic carbocycles. The monoisotopic (exact) mass is 395 g/mol. The van der Waals surface area contributed by atoms with Gasteiger partial charge in [0.15, 0.2) is 0 Å². The van der Waals surface area contributed by atoms with Crippen LogP contribution in [0.4, 0.5) is 0 Å². The number of nitrogens with zero attached hydrogens (tertiary/aromatic N) is 1. The van der Waals surface area contributed by atoms with Crippen LogP contribution in [0.15, 0.2) is 0 Å². The molecule has 0 unspecified atom stereocenters. The summed E-state index contributed by atoms with van der Waals surface area (Å²) < 4.78 is 0. The standard InChI is InChI=1S/C23H45N3O2/c1-2-3-4-5-6-7-8-9-10-11-12-14-19-24-25-22(27)17-18-23(28)26-20-15-13-16-21-26/h24H,2-21H2,1H3,(H,25,27). The molecule has 164 valence electrons. The van der Waals surface area contributed by atoms with Crippen LogP contribution in [0.5, 0.6) is 0 Å². The Kier molecular flexibility index (Phi) is 16.0. The number of rotatable bonds is 17. The highest BCUT2D eigenvalue weighted by Gasteiger charge is 2.17. The van der Waals surface area contributed by atoms with Gasteiger partial charge < -0.3 is 4.90 Å². The summed E-state index contributed by atoms with van der Waals surface area (Å²) in [5, 5.41) is 0. The number of unbranched alkanes of at least 4 members (excludes halogenated alkanes) is 11. The summed E-state index contributed by atoms with van der Waals surface area (Å²) in [6.07, 6.45) is 20.0. The molecule has 0 spiro atoms. The van der Waals surface area contributed by atoms with Crippen molar-refractivity contribution in [2.24, 2.45) is 0 Å². The third-order valence-corrected chi connectivity index (χ3v) is 5.66. The largest absolute Gasteiger partial charge is 0.343 e. The van der Waals surface area contributed by atoms with Crippen molar-refractivity contribution in [2.45, 2.75) is 116 Å². The van der Waals surface area contributed by atoms with E-state index in [-0.39, 0.29) is 18.2 Å². The lowest BCUT2D eigenvalue weighted by Crippen LogP contribution is -2.39. The van der Waals surface area contributed by atoms with Crippen LogP contribution in [0.2, 0.25) is 0 Å². The number of amides is 2. The van der Waals surface area contributed by atoms with E-state index in [4.69, 9.17) is 0 Å². The zero-order valence-corrected chi connectivity index (χ0v) is 18.4. The third-order valence-electron chi connectivity index (χ3n) is 5.66. The van der Waals surface area contributed by atoms with Gasteiger partial charge >= 0.3 is 0 Å². The molecule has 28 heavy (non-hydrogen) atoms. The van der Waals surface area contributed by atoms with Gasteiger partial charge in [0.2, 0.25) is 11.8 Å². The van der Waals surface area contributed by atoms with Gasteiger partial charge in [-0.25, -0.2) is 5.43 Å². The predicted octanol–water partition coefficient (Wildman–Crippen LogP) is 5.10. The minimum absolute atomic E-state index is 0.0794. The first-order valence-corrected chi connectivity index (χ1v) is 12.0. The molecular formula is C23H45N3O2. The second kappa shape index (κ2) is 18.0. The lowest BCUT2D eigenvalue weighted by atomic mass is 10.1. The van der Waals surface area contributed by atoms with Crippen LogP contribution in [-0.2, 0) is 9.59 Å². The van der Waals surface area contributed by atoms with E-state index in [0.717, 1.165) is 38.9 Å². The molecule has 5 nitrogen and oxygen atoms in total. The summed E-state index contributed by atoms with van der Waals surface area (Å²) in [4.78, 5) is 25.7. The smallest absolute Gasteiger partial charge is 0.234 e. The summed E-state index contributed by atoms with van der Waals surface area (Å²) in [5.41, 5.74) is 5.72. The van der Waals surface area contributed by atoms with Gasteiger partial charge in [-0.15, -0.1) is 0 Å². The highest BCUT2D eigenvalue weighted by molar-refractivity contribution is 5.83. The summed E-state index contributed by atoms with van der Waals surface area (Å²) >= 11 is 0. The molecular weight excluding hydrogens is 350 g/mol. The summed E-state index contributed by atoms with van der Waals surface area (Å²) in [5.74, 6) is 0.0418. The normalized spacial score (nSPS) is 14.2. The van der Waals surface area contributed by atoms with Gasteiger partial charge in [-0.05, 0) is 25.7 Å². The van der Waals surface area contributed by atoms with Crippen molar-refractivity contribution in [2.75, 3.05) is 19.6 Å². The molecule has 0 radical (unpaired) electrons. The maximum Gasteiger partial charge on any atom is 0.234 e. The number of carbonyl (C=O) groups excluding carboxylic acids is 2. The van der Waals surface area contributed by atoms with Crippen molar-refractivity contribution in [3.8, 4) is 0 Å². The Morgan fingerprint density at radius 2 is 1.25 bits per heavy atom. The molecule has 0 aromatic heterocycles. The molecule has 1 heterocycles. The van der Waals surface area contributed by atoms with E-state index < -0.39 is 0 Å². The molecule has 0 atom stereocenters. The minimum Gasteiger partial charge on any atom is -0.343 e. The zero-order chi connectivity index (χ0) is 20.3. The first-order valence-electron chi connectivity index (χ1n) is 12.0. The van der Waals surface area contributed by atoms with Gasteiger partial charge in [-0.3, -0.25) is 15.0 Å². The van der Waals surface area contributed by atoms with Gasteiger partial charge in [0.25, 0.3) is 0 Å². The van der Waals surface area contributed by atoms with Crippen LogP contribution in [-0.4, -0.2) is 36.3 Å². The number of hydrogen-bond acceptors (Lipinski definition) is 3. The first-order chi connectivity index (χ1) is 13.7. The molecule has 0 saturated carbocycles. The van der Waals surface area contributed by atoms with Gasteiger partial charge in [-0.2, -0.15) is 0 Å². The Hall–Kier alpha value is -1.10. The van der Waals surface area contributed by atoms with E-state index in [1.165, 1.54) is 77.0 Å². The molecule has 5 heteroatoms. The fourth-order valence-electron chi connectivity index (χ4n) is 3.80. The Labute approximate surface area is 173 Å². The van der Waals surface area contributed by atoms with Crippen molar-refractivity contribution in [1.82, 2.24) is 15.8 Å². The van der Waals surface area contributed by atoms with E-state index in [1.807, 2.05) is 4.90 Å². The van der Waals surface area contributed by atoms with E-state index in [9.17, 15) is 9.59 Å². The number of carbonyl (C=O) groups is 2. The number of hydrogen-bond donors (Lipinski definition) is 2. The molecule has 0 aromatic rings. The van der Waals surface area contributed by atoms with Gasteiger partial charge in [-0.1, -0.05) is 77.6 Å². The lowest BCUT2D eigenvalue weighted by molar-refractivity contribution is -0.134. The van der Waals surface area contributed by atoms with E-state index in [2.05, 4.69) is 17.8 Å². The van der Waals surface area contributed by atoms with Gasteiger partial charge in [0.05, 0.1) is 0 Å². The predicted molar refractivity (Wildman–Crippen MR) is 117 cm³/mol. The number of piperidine rings is 1. The van der Waals surface area contributed by atoms with Crippen molar-refractivity contribution in [3.05, 3.63) is 0 Å². The van der Waals surface area contributed by atoms with Crippen LogP contribution in [0.25, 0.3) is 0 Å². The highest BCUT2D eigenvalue weighted by atomic mass is 16.2. The van der Waals surface area contributed by atoms with Gasteiger partial charge in [0.1, 0.15) is 0 Å². The Morgan fingerprint density at radius 1 is 0.714 bits per heavy atom. The minimum atomic E-state index is -0.0794. The Balaban J connectivity index is 1.80. The SMILES string of the molecule is CCCCCCCCCCCCCCNNC(=O)CCC(=O)N1CCCCC1. The maximum absolute atomic E-state index is 12.0. The molecule has 2 amide bonds. The van der Waals surface area contributed by atoms with Crippen LogP contribution in [0, 0.1) is 0 Å². The van der Waals surface area contributed by atoms with Crippen LogP contribution >= 0.6 is 0 Å². The Morgan fingerprint density at radius 3 is 1.82 bits per heavy atom. The summed E-state index contributed by atoms with van der Waals surface area (Å²) in [6.45, 7) is 4.79. The molecule has 1 fully saturated rings. The van der Waals surface area contributed by atoms with E-state index >= 15 is 0 Å². The molecule has 1 saturated heterocycles. The fourth-order valence-corrected chi connectivity index (χ4v) is 3.80. The maximum atomic E-state index is 12.0. The fraction of sp³-hybridized carbons (Fsp3) is 0.913. The van der Waals surface area contributed by atoms with Crippen molar-refractivity contribution < 1.29 is 9.59 Å². The quantitative estimate of drug-likeness (QED) is 0.266. The van der Waals surface area contributed by atoms with Crippen LogP contribution < -0.4 is 10.9 Å². The molecule has 2 N–H and O–H groups in total. The number of hydrazine groups is 1. The molecule has 0 bridgehead atoms. The second-order valence-corrected chi connectivity index (χ2v) is 8.31. The van der Waals surface area contributed by atoms with Crippen molar-refractivity contribution in [3.63, 3.8) is 0 Å². The Bertz CT molecular complexity index is 395. The van der Waals surface area contributed by atoms with Crippen molar-refractivity contribution in [1.29, 1.82) is 0 Å². The van der Waals surface area contributed by atoms with Gasteiger partial charge in [0, 0.05) is 32.5 Å². The lowest BCUT2D eigenvalue weighted by Gasteiger charge is -2.26. The highest BCUT2D eigenvalue weighted by Crippen LogP contribution is 2.12. The number of nitrogens with one attached hydrogen (secondary N) is 2.